The normalized spacial score (nSPS) is 10.3. The quantitative estimate of drug-likeness (QED) is 0.796. The number of nitrogens with two attached hydrogens (primary N) is 1. The number of anilines is 1. The second-order valence-corrected chi connectivity index (χ2v) is 3.82. The summed E-state index contributed by atoms with van der Waals surface area (Å²) in [4.78, 5) is 15.9. The third-order valence-electron chi connectivity index (χ3n) is 2.26. The zero-order valence-corrected chi connectivity index (χ0v) is 10.00. The van der Waals surface area contributed by atoms with E-state index >= 15 is 0 Å². The molecule has 7 nitrogen and oxygen atoms in total. The summed E-state index contributed by atoms with van der Waals surface area (Å²) in [6.07, 6.45) is 1.64. The van der Waals surface area contributed by atoms with E-state index < -0.39 is 0 Å². The van der Waals surface area contributed by atoms with Crippen LogP contribution in [0, 0.1) is 6.92 Å². The molecule has 0 radical (unpaired) electrons. The predicted molar refractivity (Wildman–Crippen MR) is 65.5 cm³/mol. The summed E-state index contributed by atoms with van der Waals surface area (Å²) in [6, 6.07) is 5.43. The van der Waals surface area contributed by atoms with E-state index in [0.29, 0.717) is 18.1 Å². The Morgan fingerprint density at radius 1 is 1.50 bits per heavy atom. The van der Waals surface area contributed by atoms with Crippen LogP contribution in [0.4, 0.5) is 5.82 Å². The summed E-state index contributed by atoms with van der Waals surface area (Å²) in [6.45, 7) is 2.25. The molecule has 0 atom stereocenters. The minimum absolute atomic E-state index is 0.0859. The van der Waals surface area contributed by atoms with Crippen LogP contribution in [0.25, 0.3) is 0 Å². The molecule has 0 unspecified atom stereocenters. The summed E-state index contributed by atoms with van der Waals surface area (Å²) in [5, 5.41) is 10.3. The Balaban J connectivity index is 1.96. The highest BCUT2D eigenvalue weighted by molar-refractivity contribution is 5.89. The van der Waals surface area contributed by atoms with Crippen molar-refractivity contribution in [2.24, 2.45) is 5.73 Å². The molecule has 0 bridgehead atoms. The monoisotopic (exact) mass is 246 g/mol. The lowest BCUT2D eigenvalue weighted by Crippen LogP contribution is -2.19. The molecule has 0 spiro atoms. The SMILES string of the molecule is Cc1cccc(NC(=O)Cn2cc(CN)nn2)n1. The molecule has 0 aromatic carbocycles. The largest absolute Gasteiger partial charge is 0.325 e. The van der Waals surface area contributed by atoms with Crippen LogP contribution >= 0.6 is 0 Å². The zero-order valence-electron chi connectivity index (χ0n) is 10.00. The number of hydrogen-bond donors (Lipinski definition) is 2. The summed E-state index contributed by atoms with van der Waals surface area (Å²) in [5.41, 5.74) is 6.90. The molecule has 0 saturated carbocycles. The highest BCUT2D eigenvalue weighted by atomic mass is 16.2. The van der Waals surface area contributed by atoms with Crippen molar-refractivity contribution in [3.63, 3.8) is 0 Å². The van der Waals surface area contributed by atoms with Gasteiger partial charge in [0.05, 0.1) is 11.9 Å². The van der Waals surface area contributed by atoms with Crippen molar-refractivity contribution in [2.75, 3.05) is 5.32 Å². The maximum atomic E-state index is 11.7. The smallest absolute Gasteiger partial charge is 0.247 e. The van der Waals surface area contributed by atoms with Crippen LogP contribution in [0.5, 0.6) is 0 Å². The Morgan fingerprint density at radius 3 is 3.00 bits per heavy atom. The molecule has 94 valence electrons. The lowest BCUT2D eigenvalue weighted by molar-refractivity contribution is -0.116. The van der Waals surface area contributed by atoms with Gasteiger partial charge >= 0.3 is 0 Å². The van der Waals surface area contributed by atoms with Crippen LogP contribution in [-0.2, 0) is 17.9 Å². The maximum absolute atomic E-state index is 11.7. The minimum atomic E-state index is -0.207. The van der Waals surface area contributed by atoms with E-state index in [1.54, 1.807) is 12.3 Å². The summed E-state index contributed by atoms with van der Waals surface area (Å²) < 4.78 is 1.44. The molecule has 0 fully saturated rings. The predicted octanol–water partition coefficient (Wildman–Crippen LogP) is 0.0789. The molecule has 3 N–H and O–H groups in total. The van der Waals surface area contributed by atoms with E-state index in [2.05, 4.69) is 20.6 Å². The molecular weight excluding hydrogens is 232 g/mol. The molecule has 0 aliphatic heterocycles. The number of hydrogen-bond acceptors (Lipinski definition) is 5. The number of nitrogens with one attached hydrogen (secondary N) is 1. The zero-order chi connectivity index (χ0) is 13.0. The van der Waals surface area contributed by atoms with Gasteiger partial charge in [0, 0.05) is 12.2 Å². The van der Waals surface area contributed by atoms with Gasteiger partial charge in [-0.3, -0.25) is 4.79 Å². The van der Waals surface area contributed by atoms with Crippen LogP contribution in [0.3, 0.4) is 0 Å². The second-order valence-electron chi connectivity index (χ2n) is 3.82. The van der Waals surface area contributed by atoms with Crippen molar-refractivity contribution in [2.45, 2.75) is 20.0 Å². The van der Waals surface area contributed by atoms with Crippen LogP contribution in [0.2, 0.25) is 0 Å². The molecule has 7 heteroatoms. The van der Waals surface area contributed by atoms with E-state index in [0.717, 1.165) is 5.69 Å². The van der Waals surface area contributed by atoms with Gasteiger partial charge in [0.25, 0.3) is 0 Å². The first-order valence-electron chi connectivity index (χ1n) is 5.50. The molecule has 2 aromatic rings. The first-order chi connectivity index (χ1) is 8.67. The number of aryl methyl sites for hydroxylation is 1. The van der Waals surface area contributed by atoms with Gasteiger partial charge in [0.1, 0.15) is 12.4 Å². The van der Waals surface area contributed by atoms with Crippen molar-refractivity contribution in [3.05, 3.63) is 35.8 Å². The van der Waals surface area contributed by atoms with Crippen molar-refractivity contribution >= 4 is 11.7 Å². The van der Waals surface area contributed by atoms with Crippen molar-refractivity contribution in [1.29, 1.82) is 0 Å². The minimum Gasteiger partial charge on any atom is -0.325 e. The Kier molecular flexibility index (Phi) is 3.63. The van der Waals surface area contributed by atoms with Gasteiger partial charge in [-0.05, 0) is 19.1 Å². The van der Waals surface area contributed by atoms with Crippen LogP contribution in [0.1, 0.15) is 11.4 Å². The number of aromatic nitrogens is 4. The number of amides is 1. The van der Waals surface area contributed by atoms with Gasteiger partial charge in [-0.1, -0.05) is 11.3 Å². The highest BCUT2D eigenvalue weighted by Crippen LogP contribution is 2.03. The van der Waals surface area contributed by atoms with Crippen LogP contribution < -0.4 is 11.1 Å². The molecule has 18 heavy (non-hydrogen) atoms. The Morgan fingerprint density at radius 2 is 2.33 bits per heavy atom. The van der Waals surface area contributed by atoms with E-state index in [4.69, 9.17) is 5.73 Å². The second kappa shape index (κ2) is 5.37. The van der Waals surface area contributed by atoms with E-state index in [-0.39, 0.29) is 12.5 Å². The number of rotatable bonds is 4. The van der Waals surface area contributed by atoms with E-state index in [1.807, 2.05) is 19.1 Å². The fourth-order valence-corrected chi connectivity index (χ4v) is 1.45. The standard InChI is InChI=1S/C11H14N6O/c1-8-3-2-4-10(13-8)14-11(18)7-17-6-9(5-12)15-16-17/h2-4,6H,5,7,12H2,1H3,(H,13,14,18). The number of pyridine rings is 1. The van der Waals surface area contributed by atoms with Crippen molar-refractivity contribution in [3.8, 4) is 0 Å². The lowest BCUT2D eigenvalue weighted by atomic mass is 10.4. The summed E-state index contributed by atoms with van der Waals surface area (Å²) in [5.74, 6) is 0.320. The molecule has 0 aliphatic rings. The molecule has 0 saturated heterocycles. The van der Waals surface area contributed by atoms with E-state index in [9.17, 15) is 4.79 Å². The van der Waals surface area contributed by atoms with Crippen molar-refractivity contribution in [1.82, 2.24) is 20.0 Å². The average molecular weight is 246 g/mol. The molecule has 2 heterocycles. The molecular formula is C11H14N6O. The number of nitrogens with zero attached hydrogens (tertiary/aromatic N) is 4. The topological polar surface area (TPSA) is 98.7 Å². The Hall–Kier alpha value is -2.28. The third-order valence-corrected chi connectivity index (χ3v) is 2.26. The van der Waals surface area contributed by atoms with Gasteiger partial charge in [-0.15, -0.1) is 5.10 Å². The first-order valence-corrected chi connectivity index (χ1v) is 5.50. The summed E-state index contributed by atoms with van der Waals surface area (Å²) in [7, 11) is 0. The fourth-order valence-electron chi connectivity index (χ4n) is 1.45. The Labute approximate surface area is 104 Å². The molecule has 1 amide bonds. The molecule has 0 aliphatic carbocycles. The van der Waals surface area contributed by atoms with Crippen molar-refractivity contribution < 1.29 is 4.79 Å². The molecule has 2 aromatic heterocycles. The lowest BCUT2D eigenvalue weighted by Gasteiger charge is -2.04. The summed E-state index contributed by atoms with van der Waals surface area (Å²) >= 11 is 0. The fraction of sp³-hybridized carbons (Fsp3) is 0.273. The van der Waals surface area contributed by atoms with Gasteiger partial charge in [0.2, 0.25) is 5.91 Å². The van der Waals surface area contributed by atoms with Gasteiger partial charge in [-0.2, -0.15) is 0 Å². The van der Waals surface area contributed by atoms with Gasteiger partial charge in [0.15, 0.2) is 0 Å². The van der Waals surface area contributed by atoms with E-state index in [1.165, 1.54) is 4.68 Å². The highest BCUT2D eigenvalue weighted by Gasteiger charge is 2.06. The Bertz CT molecular complexity index is 550. The van der Waals surface area contributed by atoms with Gasteiger partial charge < -0.3 is 11.1 Å². The molecule has 2 rings (SSSR count). The number of carbonyl (C=O) groups excluding carboxylic acids is 1. The third kappa shape index (κ3) is 3.11. The van der Waals surface area contributed by atoms with Crippen LogP contribution in [0.15, 0.2) is 24.4 Å². The van der Waals surface area contributed by atoms with Crippen LogP contribution in [-0.4, -0.2) is 25.9 Å². The maximum Gasteiger partial charge on any atom is 0.247 e. The first kappa shape index (κ1) is 12.2. The van der Waals surface area contributed by atoms with Gasteiger partial charge in [-0.25, -0.2) is 9.67 Å². The number of carbonyl (C=O) groups is 1. The average Bonchev–Trinajstić information content (AvgIpc) is 2.76.